The smallest absolute Gasteiger partial charge is 0.255 e. The van der Waals surface area contributed by atoms with Gasteiger partial charge in [-0.15, -0.1) is 0 Å². The third kappa shape index (κ3) is 2.34. The summed E-state index contributed by atoms with van der Waals surface area (Å²) in [5.41, 5.74) is 3.31. The molecule has 0 fully saturated rings. The Labute approximate surface area is 133 Å². The van der Waals surface area contributed by atoms with Crippen LogP contribution in [-0.2, 0) is 7.05 Å². The molecule has 0 unspecified atom stereocenters. The SMILES string of the molecule is Cn1ccc2ccc(C(=O)Nc3cccc4ncccc34)cc21. The Morgan fingerprint density at radius 3 is 2.91 bits per heavy atom. The quantitative estimate of drug-likeness (QED) is 0.609. The molecule has 0 atom stereocenters. The highest BCUT2D eigenvalue weighted by Gasteiger charge is 2.10. The van der Waals surface area contributed by atoms with E-state index < -0.39 is 0 Å². The summed E-state index contributed by atoms with van der Waals surface area (Å²) in [5.74, 6) is -0.121. The maximum absolute atomic E-state index is 12.6. The highest BCUT2D eigenvalue weighted by Crippen LogP contribution is 2.23. The predicted molar refractivity (Wildman–Crippen MR) is 92.6 cm³/mol. The molecule has 0 bridgehead atoms. The molecule has 1 N–H and O–H groups in total. The summed E-state index contributed by atoms with van der Waals surface area (Å²) in [6.45, 7) is 0. The highest BCUT2D eigenvalue weighted by molar-refractivity contribution is 6.09. The molecule has 0 aliphatic heterocycles. The number of benzene rings is 2. The monoisotopic (exact) mass is 301 g/mol. The van der Waals surface area contributed by atoms with Crippen molar-refractivity contribution >= 4 is 33.4 Å². The van der Waals surface area contributed by atoms with E-state index in [-0.39, 0.29) is 5.91 Å². The third-order valence-corrected chi connectivity index (χ3v) is 4.04. The third-order valence-electron chi connectivity index (χ3n) is 4.04. The van der Waals surface area contributed by atoms with Gasteiger partial charge >= 0.3 is 0 Å². The van der Waals surface area contributed by atoms with Crippen LogP contribution in [0.3, 0.4) is 0 Å². The number of nitrogens with one attached hydrogen (secondary N) is 1. The molecule has 23 heavy (non-hydrogen) atoms. The number of hydrogen-bond acceptors (Lipinski definition) is 2. The average molecular weight is 301 g/mol. The Kier molecular flexibility index (Phi) is 3.08. The second-order valence-corrected chi connectivity index (χ2v) is 5.53. The average Bonchev–Trinajstić information content (AvgIpc) is 2.96. The molecule has 0 aliphatic carbocycles. The normalized spacial score (nSPS) is 11.0. The number of carbonyl (C=O) groups excluding carboxylic acids is 1. The first-order valence-corrected chi connectivity index (χ1v) is 7.42. The first-order chi connectivity index (χ1) is 11.2. The number of aryl methyl sites for hydroxylation is 1. The Bertz CT molecular complexity index is 1030. The summed E-state index contributed by atoms with van der Waals surface area (Å²) < 4.78 is 2.01. The standard InChI is InChI=1S/C19H15N3O/c1-22-11-9-13-7-8-14(12-18(13)22)19(23)21-17-6-2-5-16-15(17)4-3-10-20-16/h2-12H,1H3,(H,21,23). The second-order valence-electron chi connectivity index (χ2n) is 5.53. The predicted octanol–water partition coefficient (Wildman–Crippen LogP) is 3.98. The molecule has 0 aliphatic rings. The van der Waals surface area contributed by atoms with Crippen LogP contribution in [0.15, 0.2) is 67.0 Å². The van der Waals surface area contributed by atoms with Crippen LogP contribution >= 0.6 is 0 Å². The molecule has 4 aromatic rings. The van der Waals surface area contributed by atoms with Gasteiger partial charge in [-0.3, -0.25) is 9.78 Å². The Morgan fingerprint density at radius 1 is 1.09 bits per heavy atom. The van der Waals surface area contributed by atoms with Gasteiger partial charge in [0.1, 0.15) is 0 Å². The van der Waals surface area contributed by atoms with Crippen molar-refractivity contribution in [1.29, 1.82) is 0 Å². The molecule has 2 heterocycles. The van der Waals surface area contributed by atoms with E-state index in [1.54, 1.807) is 6.20 Å². The van der Waals surface area contributed by atoms with E-state index in [1.807, 2.05) is 72.4 Å². The van der Waals surface area contributed by atoms with E-state index in [9.17, 15) is 4.79 Å². The number of carbonyl (C=O) groups is 1. The number of aromatic nitrogens is 2. The van der Waals surface area contributed by atoms with Crippen LogP contribution in [0.1, 0.15) is 10.4 Å². The molecular weight excluding hydrogens is 286 g/mol. The van der Waals surface area contributed by atoms with E-state index in [2.05, 4.69) is 10.3 Å². The molecule has 2 aromatic heterocycles. The lowest BCUT2D eigenvalue weighted by atomic mass is 10.1. The van der Waals surface area contributed by atoms with Crippen molar-refractivity contribution in [3.8, 4) is 0 Å². The van der Waals surface area contributed by atoms with Gasteiger partial charge in [-0.05, 0) is 47.9 Å². The molecule has 4 heteroatoms. The van der Waals surface area contributed by atoms with Crippen LogP contribution in [0.2, 0.25) is 0 Å². The van der Waals surface area contributed by atoms with Gasteiger partial charge in [0, 0.05) is 35.9 Å². The van der Waals surface area contributed by atoms with Crippen molar-refractivity contribution in [3.05, 3.63) is 72.6 Å². The lowest BCUT2D eigenvalue weighted by molar-refractivity contribution is 0.102. The van der Waals surface area contributed by atoms with Crippen LogP contribution in [-0.4, -0.2) is 15.5 Å². The lowest BCUT2D eigenvalue weighted by Gasteiger charge is -2.09. The van der Waals surface area contributed by atoms with Crippen molar-refractivity contribution in [3.63, 3.8) is 0 Å². The van der Waals surface area contributed by atoms with Gasteiger partial charge in [0.05, 0.1) is 11.2 Å². The van der Waals surface area contributed by atoms with E-state index in [4.69, 9.17) is 0 Å². The van der Waals surface area contributed by atoms with Crippen LogP contribution < -0.4 is 5.32 Å². The summed E-state index contributed by atoms with van der Waals surface area (Å²) in [6.07, 6.45) is 3.74. The summed E-state index contributed by atoms with van der Waals surface area (Å²) in [4.78, 5) is 16.9. The zero-order valence-electron chi connectivity index (χ0n) is 12.7. The summed E-state index contributed by atoms with van der Waals surface area (Å²) in [6, 6.07) is 17.3. The van der Waals surface area contributed by atoms with E-state index >= 15 is 0 Å². The first kappa shape index (κ1) is 13.5. The van der Waals surface area contributed by atoms with Crippen molar-refractivity contribution in [1.82, 2.24) is 9.55 Å². The molecule has 0 saturated carbocycles. The van der Waals surface area contributed by atoms with Gasteiger partial charge in [0.25, 0.3) is 5.91 Å². The fourth-order valence-electron chi connectivity index (χ4n) is 2.81. The molecule has 112 valence electrons. The molecule has 0 spiro atoms. The molecule has 2 aromatic carbocycles. The number of hydrogen-bond donors (Lipinski definition) is 1. The molecular formula is C19H15N3O. The van der Waals surface area contributed by atoms with Gasteiger partial charge < -0.3 is 9.88 Å². The van der Waals surface area contributed by atoms with E-state index in [1.165, 1.54) is 0 Å². The first-order valence-electron chi connectivity index (χ1n) is 7.42. The van der Waals surface area contributed by atoms with Gasteiger partial charge in [-0.2, -0.15) is 0 Å². The second kappa shape index (κ2) is 5.25. The fourth-order valence-corrected chi connectivity index (χ4v) is 2.81. The minimum Gasteiger partial charge on any atom is -0.351 e. The number of nitrogens with zero attached hydrogens (tertiary/aromatic N) is 2. The van der Waals surface area contributed by atoms with Gasteiger partial charge in [-0.1, -0.05) is 12.1 Å². The summed E-state index contributed by atoms with van der Waals surface area (Å²) in [7, 11) is 1.97. The number of anilines is 1. The molecule has 4 nitrogen and oxygen atoms in total. The maximum Gasteiger partial charge on any atom is 0.255 e. The van der Waals surface area contributed by atoms with E-state index in [0.717, 1.165) is 27.5 Å². The topological polar surface area (TPSA) is 46.9 Å². The zero-order valence-corrected chi connectivity index (χ0v) is 12.7. The van der Waals surface area contributed by atoms with Crippen LogP contribution in [0.4, 0.5) is 5.69 Å². The number of pyridine rings is 1. The van der Waals surface area contributed by atoms with Crippen LogP contribution in [0, 0.1) is 0 Å². The maximum atomic E-state index is 12.6. The van der Waals surface area contributed by atoms with Crippen LogP contribution in [0.5, 0.6) is 0 Å². The van der Waals surface area contributed by atoms with Crippen LogP contribution in [0.25, 0.3) is 21.8 Å². The molecule has 1 amide bonds. The number of amides is 1. The van der Waals surface area contributed by atoms with Crippen molar-refractivity contribution in [2.75, 3.05) is 5.32 Å². The fraction of sp³-hybridized carbons (Fsp3) is 0.0526. The molecule has 4 rings (SSSR count). The highest BCUT2D eigenvalue weighted by atomic mass is 16.1. The lowest BCUT2D eigenvalue weighted by Crippen LogP contribution is -2.12. The van der Waals surface area contributed by atoms with Gasteiger partial charge in [-0.25, -0.2) is 0 Å². The van der Waals surface area contributed by atoms with E-state index in [0.29, 0.717) is 5.56 Å². The van der Waals surface area contributed by atoms with Crippen molar-refractivity contribution in [2.24, 2.45) is 7.05 Å². The van der Waals surface area contributed by atoms with Gasteiger partial charge in [0.15, 0.2) is 0 Å². The van der Waals surface area contributed by atoms with Gasteiger partial charge in [0.2, 0.25) is 0 Å². The zero-order chi connectivity index (χ0) is 15.8. The summed E-state index contributed by atoms with van der Waals surface area (Å²) >= 11 is 0. The Hall–Kier alpha value is -3.14. The van der Waals surface area contributed by atoms with Crippen molar-refractivity contribution < 1.29 is 4.79 Å². The molecule has 0 radical (unpaired) electrons. The molecule has 0 saturated heterocycles. The number of rotatable bonds is 2. The Balaban J connectivity index is 1.72. The van der Waals surface area contributed by atoms with Crippen molar-refractivity contribution in [2.45, 2.75) is 0 Å². The number of fused-ring (bicyclic) bond motifs is 2. The summed E-state index contributed by atoms with van der Waals surface area (Å²) in [5, 5.41) is 5.05. The largest absolute Gasteiger partial charge is 0.351 e. The minimum atomic E-state index is -0.121. The minimum absolute atomic E-state index is 0.121. The Morgan fingerprint density at radius 2 is 2.00 bits per heavy atom.